The van der Waals surface area contributed by atoms with E-state index in [1.165, 1.54) is 4.31 Å². The number of sulfonamides is 1. The van der Waals surface area contributed by atoms with Crippen LogP contribution in [-0.2, 0) is 10.0 Å². The van der Waals surface area contributed by atoms with Crippen molar-refractivity contribution in [3.05, 3.63) is 0 Å². The second kappa shape index (κ2) is 5.27. The predicted octanol–water partition coefficient (Wildman–Crippen LogP) is 0.656. The number of hydrogen-bond acceptors (Lipinski definition) is 3. The standard InChI is InChI=1S/C10H22N2O2S/c1-9(2)12(3)15(13,14)8-10-5-4-6-11-7-10/h9-11H,4-8H2,1-3H3. The summed E-state index contributed by atoms with van der Waals surface area (Å²) in [6.07, 6.45) is 2.11. The molecule has 1 aliphatic heterocycles. The van der Waals surface area contributed by atoms with Crippen LogP contribution in [0.15, 0.2) is 0 Å². The van der Waals surface area contributed by atoms with E-state index in [4.69, 9.17) is 0 Å². The molecule has 1 fully saturated rings. The van der Waals surface area contributed by atoms with Gasteiger partial charge in [-0.05, 0) is 45.7 Å². The Labute approximate surface area is 93.1 Å². The number of nitrogens with zero attached hydrogens (tertiary/aromatic N) is 1. The molecule has 1 heterocycles. The molecule has 1 N–H and O–H groups in total. The van der Waals surface area contributed by atoms with E-state index in [2.05, 4.69) is 5.32 Å². The third-order valence-electron chi connectivity index (χ3n) is 3.01. The minimum absolute atomic E-state index is 0.0477. The third-order valence-corrected chi connectivity index (χ3v) is 5.20. The minimum atomic E-state index is -3.07. The number of piperidine rings is 1. The summed E-state index contributed by atoms with van der Waals surface area (Å²) in [6, 6.07) is 0.0477. The zero-order valence-electron chi connectivity index (χ0n) is 9.86. The Kier molecular flexibility index (Phi) is 4.55. The molecule has 1 rings (SSSR count). The fourth-order valence-corrected chi connectivity index (χ4v) is 3.56. The number of hydrogen-bond donors (Lipinski definition) is 1. The minimum Gasteiger partial charge on any atom is -0.316 e. The highest BCUT2D eigenvalue weighted by atomic mass is 32.2. The molecule has 0 aromatic carbocycles. The van der Waals surface area contributed by atoms with Crippen molar-refractivity contribution in [2.75, 3.05) is 25.9 Å². The first-order valence-corrected chi connectivity index (χ1v) is 7.21. The van der Waals surface area contributed by atoms with Gasteiger partial charge >= 0.3 is 0 Å². The van der Waals surface area contributed by atoms with Gasteiger partial charge in [-0.1, -0.05) is 0 Å². The van der Waals surface area contributed by atoms with Gasteiger partial charge in [-0.3, -0.25) is 0 Å². The van der Waals surface area contributed by atoms with Gasteiger partial charge in [0.05, 0.1) is 5.75 Å². The van der Waals surface area contributed by atoms with Gasteiger partial charge < -0.3 is 5.32 Å². The Hall–Kier alpha value is -0.130. The zero-order chi connectivity index (χ0) is 11.5. The van der Waals surface area contributed by atoms with Gasteiger partial charge in [-0.15, -0.1) is 0 Å². The molecule has 15 heavy (non-hydrogen) atoms. The van der Waals surface area contributed by atoms with Crippen LogP contribution in [0.2, 0.25) is 0 Å². The molecule has 0 aliphatic carbocycles. The molecule has 0 bridgehead atoms. The maximum Gasteiger partial charge on any atom is 0.214 e. The van der Waals surface area contributed by atoms with E-state index in [1.54, 1.807) is 7.05 Å². The van der Waals surface area contributed by atoms with Crippen LogP contribution in [0, 0.1) is 5.92 Å². The van der Waals surface area contributed by atoms with Gasteiger partial charge in [-0.2, -0.15) is 0 Å². The van der Waals surface area contributed by atoms with E-state index in [9.17, 15) is 8.42 Å². The van der Waals surface area contributed by atoms with Gasteiger partial charge in [-0.25, -0.2) is 12.7 Å². The van der Waals surface area contributed by atoms with Crippen LogP contribution in [0.3, 0.4) is 0 Å². The number of rotatable bonds is 4. The summed E-state index contributed by atoms with van der Waals surface area (Å²) in [6.45, 7) is 5.66. The van der Waals surface area contributed by atoms with Crippen molar-refractivity contribution in [2.45, 2.75) is 32.7 Å². The first-order valence-electron chi connectivity index (χ1n) is 5.60. The Bertz CT molecular complexity index is 282. The molecule has 1 aliphatic rings. The summed E-state index contributed by atoms with van der Waals surface area (Å²) in [4.78, 5) is 0. The fraction of sp³-hybridized carbons (Fsp3) is 1.00. The Morgan fingerprint density at radius 1 is 1.47 bits per heavy atom. The van der Waals surface area contributed by atoms with Crippen LogP contribution in [0.1, 0.15) is 26.7 Å². The Morgan fingerprint density at radius 3 is 2.60 bits per heavy atom. The van der Waals surface area contributed by atoms with Crippen molar-refractivity contribution in [3.63, 3.8) is 0 Å². The summed E-state index contributed by atoms with van der Waals surface area (Å²) >= 11 is 0. The summed E-state index contributed by atoms with van der Waals surface area (Å²) in [5, 5.41) is 3.24. The highest BCUT2D eigenvalue weighted by Gasteiger charge is 2.25. The highest BCUT2D eigenvalue weighted by Crippen LogP contribution is 2.15. The van der Waals surface area contributed by atoms with Gasteiger partial charge in [0.25, 0.3) is 0 Å². The van der Waals surface area contributed by atoms with E-state index < -0.39 is 10.0 Å². The van der Waals surface area contributed by atoms with Gasteiger partial charge in [0.15, 0.2) is 0 Å². The summed E-state index contributed by atoms with van der Waals surface area (Å²) in [7, 11) is -1.40. The van der Waals surface area contributed by atoms with Crippen LogP contribution < -0.4 is 5.32 Å². The molecule has 0 aromatic heterocycles. The van der Waals surface area contributed by atoms with E-state index >= 15 is 0 Å². The molecule has 1 saturated heterocycles. The lowest BCUT2D eigenvalue weighted by Crippen LogP contribution is -2.40. The second-order valence-electron chi connectivity index (χ2n) is 4.60. The van der Waals surface area contributed by atoms with Crippen molar-refractivity contribution >= 4 is 10.0 Å². The average molecular weight is 234 g/mol. The predicted molar refractivity (Wildman–Crippen MR) is 62.3 cm³/mol. The van der Waals surface area contributed by atoms with Gasteiger partial charge in [0.1, 0.15) is 0 Å². The molecular formula is C10H22N2O2S. The van der Waals surface area contributed by atoms with E-state index in [0.29, 0.717) is 0 Å². The molecular weight excluding hydrogens is 212 g/mol. The quantitative estimate of drug-likeness (QED) is 0.777. The van der Waals surface area contributed by atoms with Crippen molar-refractivity contribution in [3.8, 4) is 0 Å². The summed E-state index contributed by atoms with van der Waals surface area (Å²) in [5.74, 6) is 0.569. The SMILES string of the molecule is CC(C)N(C)S(=O)(=O)CC1CCCNC1. The molecule has 1 unspecified atom stereocenters. The van der Waals surface area contributed by atoms with Crippen LogP contribution in [0.5, 0.6) is 0 Å². The first-order chi connectivity index (χ1) is 6.93. The average Bonchev–Trinajstić information content (AvgIpc) is 2.17. The van der Waals surface area contributed by atoms with Crippen molar-refractivity contribution in [1.82, 2.24) is 9.62 Å². The van der Waals surface area contributed by atoms with Crippen molar-refractivity contribution in [2.24, 2.45) is 5.92 Å². The summed E-state index contributed by atoms with van der Waals surface area (Å²) < 4.78 is 25.4. The molecule has 0 radical (unpaired) electrons. The van der Waals surface area contributed by atoms with Crippen LogP contribution in [-0.4, -0.2) is 44.7 Å². The van der Waals surface area contributed by atoms with Crippen molar-refractivity contribution in [1.29, 1.82) is 0 Å². The van der Waals surface area contributed by atoms with Crippen molar-refractivity contribution < 1.29 is 8.42 Å². The maximum absolute atomic E-state index is 11.9. The fourth-order valence-electron chi connectivity index (χ4n) is 1.80. The molecule has 0 amide bonds. The monoisotopic (exact) mass is 234 g/mol. The lowest BCUT2D eigenvalue weighted by atomic mass is 10.0. The second-order valence-corrected chi connectivity index (χ2v) is 6.67. The molecule has 5 heteroatoms. The van der Waals surface area contributed by atoms with E-state index in [1.807, 2.05) is 13.8 Å². The van der Waals surface area contributed by atoms with Gasteiger partial charge in [0, 0.05) is 13.1 Å². The highest BCUT2D eigenvalue weighted by molar-refractivity contribution is 7.89. The zero-order valence-corrected chi connectivity index (χ0v) is 10.7. The first kappa shape index (κ1) is 12.9. The Morgan fingerprint density at radius 2 is 2.13 bits per heavy atom. The molecule has 0 spiro atoms. The summed E-state index contributed by atoms with van der Waals surface area (Å²) in [5.41, 5.74) is 0. The lowest BCUT2D eigenvalue weighted by molar-refractivity contribution is 0.376. The lowest BCUT2D eigenvalue weighted by Gasteiger charge is -2.27. The smallest absolute Gasteiger partial charge is 0.214 e. The van der Waals surface area contributed by atoms with Crippen LogP contribution in [0.25, 0.3) is 0 Å². The maximum atomic E-state index is 11.9. The Balaban J connectivity index is 2.55. The normalized spacial score (nSPS) is 23.7. The molecule has 90 valence electrons. The van der Waals surface area contributed by atoms with E-state index in [0.717, 1.165) is 25.9 Å². The molecule has 4 nitrogen and oxygen atoms in total. The van der Waals surface area contributed by atoms with Crippen LogP contribution >= 0.6 is 0 Å². The van der Waals surface area contributed by atoms with Gasteiger partial charge in [0.2, 0.25) is 10.0 Å². The van der Waals surface area contributed by atoms with E-state index in [-0.39, 0.29) is 17.7 Å². The van der Waals surface area contributed by atoms with Crippen LogP contribution in [0.4, 0.5) is 0 Å². The molecule has 0 saturated carbocycles. The number of nitrogens with one attached hydrogen (secondary N) is 1. The topological polar surface area (TPSA) is 49.4 Å². The largest absolute Gasteiger partial charge is 0.316 e. The molecule has 0 aromatic rings. The molecule has 1 atom stereocenters. The third kappa shape index (κ3) is 3.74.